The molecule has 1 unspecified atom stereocenters. The van der Waals surface area contributed by atoms with Gasteiger partial charge < -0.3 is 18.9 Å². The lowest BCUT2D eigenvalue weighted by molar-refractivity contribution is -0.384. The van der Waals surface area contributed by atoms with Gasteiger partial charge in [-0.25, -0.2) is 4.79 Å². The number of hydrogen-bond donors (Lipinski definition) is 0. The van der Waals surface area contributed by atoms with Crippen molar-refractivity contribution in [1.29, 1.82) is 0 Å². The molecule has 0 amide bonds. The summed E-state index contributed by atoms with van der Waals surface area (Å²) in [5, 5.41) is 10.5. The Bertz CT molecular complexity index is 554. The zero-order valence-corrected chi connectivity index (χ0v) is 13.6. The Morgan fingerprint density at radius 3 is 2.58 bits per heavy atom. The average molecular weight is 339 g/mol. The van der Waals surface area contributed by atoms with Gasteiger partial charge in [-0.3, -0.25) is 10.1 Å². The van der Waals surface area contributed by atoms with E-state index in [0.717, 1.165) is 19.3 Å². The smallest absolute Gasteiger partial charge is 0.494 e. The second-order valence-electron chi connectivity index (χ2n) is 5.39. The number of nitrogens with zero attached hydrogens (tertiary/aromatic N) is 1. The van der Waals surface area contributed by atoms with Gasteiger partial charge in [-0.2, -0.15) is 0 Å². The molecule has 1 heterocycles. The summed E-state index contributed by atoms with van der Waals surface area (Å²) in [4.78, 5) is 21.4. The minimum atomic E-state index is -0.800. The third-order valence-corrected chi connectivity index (χ3v) is 3.52. The summed E-state index contributed by atoms with van der Waals surface area (Å²) in [6.07, 6.45) is 2.49. The highest BCUT2D eigenvalue weighted by Gasteiger charge is 2.49. The highest BCUT2D eigenvalue weighted by molar-refractivity contribution is 5.60. The lowest BCUT2D eigenvalue weighted by Crippen LogP contribution is -2.22. The predicted molar refractivity (Wildman–Crippen MR) is 83.8 cm³/mol. The molecule has 1 aliphatic rings. The van der Waals surface area contributed by atoms with Crippen LogP contribution in [0.5, 0.6) is 5.75 Å². The van der Waals surface area contributed by atoms with E-state index in [1.807, 2.05) is 0 Å². The molecule has 0 saturated carbocycles. The van der Waals surface area contributed by atoms with E-state index in [1.165, 1.54) is 12.1 Å². The van der Waals surface area contributed by atoms with Gasteiger partial charge in [0.1, 0.15) is 12.4 Å². The van der Waals surface area contributed by atoms with E-state index < -0.39 is 16.9 Å². The first-order valence-corrected chi connectivity index (χ1v) is 7.92. The second-order valence-corrected chi connectivity index (χ2v) is 5.39. The van der Waals surface area contributed by atoms with Gasteiger partial charge >= 0.3 is 6.16 Å². The van der Waals surface area contributed by atoms with Crippen molar-refractivity contribution >= 4 is 11.8 Å². The molecule has 0 bridgehead atoms. The van der Waals surface area contributed by atoms with Gasteiger partial charge in [-0.1, -0.05) is 0 Å². The Labute approximate surface area is 139 Å². The number of hydrogen-bond acceptors (Lipinski definition) is 7. The van der Waals surface area contributed by atoms with Crippen LogP contribution >= 0.6 is 0 Å². The van der Waals surface area contributed by atoms with Crippen molar-refractivity contribution in [1.82, 2.24) is 0 Å². The second kappa shape index (κ2) is 8.49. The summed E-state index contributed by atoms with van der Waals surface area (Å²) in [7, 11) is 0. The number of benzene rings is 1. The number of ether oxygens (including phenoxy) is 4. The van der Waals surface area contributed by atoms with E-state index >= 15 is 0 Å². The number of nitro benzene ring substituents is 1. The highest BCUT2D eigenvalue weighted by atomic mass is 16.8. The van der Waals surface area contributed by atoms with E-state index in [9.17, 15) is 14.9 Å². The molecule has 0 radical (unpaired) electrons. The molecule has 1 fully saturated rings. The molecule has 8 nitrogen and oxygen atoms in total. The Kier molecular flexibility index (Phi) is 6.36. The zero-order valence-electron chi connectivity index (χ0n) is 13.6. The van der Waals surface area contributed by atoms with Crippen molar-refractivity contribution in [3.05, 3.63) is 34.4 Å². The van der Waals surface area contributed by atoms with E-state index in [0.29, 0.717) is 25.4 Å². The zero-order chi connectivity index (χ0) is 17.4. The van der Waals surface area contributed by atoms with Crippen molar-refractivity contribution in [3.8, 4) is 5.75 Å². The summed E-state index contributed by atoms with van der Waals surface area (Å²) in [5.41, 5.74) is 0.0404. The van der Waals surface area contributed by atoms with Crippen LogP contribution in [-0.2, 0) is 14.2 Å². The van der Waals surface area contributed by atoms with Crippen LogP contribution in [-0.4, -0.2) is 36.7 Å². The fourth-order valence-corrected chi connectivity index (χ4v) is 2.16. The summed E-state index contributed by atoms with van der Waals surface area (Å²) >= 11 is 0. The van der Waals surface area contributed by atoms with Gasteiger partial charge in [-0.05, 0) is 38.3 Å². The standard InChI is InChI=1S/C16H21NO7/c1-2-21-15(18)24-16(12-23-16)10-4-3-5-11-22-14-8-6-13(7-9-14)17(19)20/h6-9H,2-5,10-12H2,1H3. The SMILES string of the molecule is CCOC(=O)OC1(CCCCCOc2ccc([N+](=O)[O-])cc2)CO1. The van der Waals surface area contributed by atoms with Crippen LogP contribution in [0.25, 0.3) is 0 Å². The Hall–Kier alpha value is -2.35. The Balaban J connectivity index is 1.57. The molecule has 0 aromatic heterocycles. The molecule has 1 aliphatic heterocycles. The van der Waals surface area contributed by atoms with Crippen LogP contribution in [0.2, 0.25) is 0 Å². The molecule has 0 spiro atoms. The quantitative estimate of drug-likeness (QED) is 0.212. The molecule has 8 heteroatoms. The molecule has 0 aliphatic carbocycles. The van der Waals surface area contributed by atoms with Crippen molar-refractivity contribution in [2.24, 2.45) is 0 Å². The summed E-state index contributed by atoms with van der Waals surface area (Å²) in [6.45, 7) is 2.91. The van der Waals surface area contributed by atoms with E-state index in [1.54, 1.807) is 19.1 Å². The number of unbranched alkanes of at least 4 members (excludes halogenated alkanes) is 2. The number of non-ortho nitro benzene ring substituents is 1. The first kappa shape index (κ1) is 18.0. The van der Waals surface area contributed by atoms with E-state index in [4.69, 9.17) is 18.9 Å². The van der Waals surface area contributed by atoms with Gasteiger partial charge in [0.15, 0.2) is 0 Å². The van der Waals surface area contributed by atoms with Crippen molar-refractivity contribution in [2.45, 2.75) is 38.4 Å². The molecular formula is C16H21NO7. The van der Waals surface area contributed by atoms with Gasteiger partial charge in [0.2, 0.25) is 5.79 Å². The fraction of sp³-hybridized carbons (Fsp3) is 0.562. The molecule has 1 saturated heterocycles. The number of carbonyl (C=O) groups is 1. The first-order valence-electron chi connectivity index (χ1n) is 7.92. The molecule has 0 N–H and O–H groups in total. The molecule has 24 heavy (non-hydrogen) atoms. The normalized spacial score (nSPS) is 18.7. The third-order valence-electron chi connectivity index (χ3n) is 3.52. The molecule has 1 aromatic rings. The van der Waals surface area contributed by atoms with E-state index in [-0.39, 0.29) is 12.3 Å². The van der Waals surface area contributed by atoms with Crippen LogP contribution in [0.3, 0.4) is 0 Å². The lowest BCUT2D eigenvalue weighted by atomic mass is 10.1. The van der Waals surface area contributed by atoms with Crippen LogP contribution < -0.4 is 4.74 Å². The number of nitro groups is 1. The topological polar surface area (TPSA) is 100 Å². The first-order chi connectivity index (χ1) is 11.5. The predicted octanol–water partition coefficient (Wildman–Crippen LogP) is 3.43. The van der Waals surface area contributed by atoms with Crippen LogP contribution in [0.15, 0.2) is 24.3 Å². The van der Waals surface area contributed by atoms with Crippen LogP contribution in [0.4, 0.5) is 10.5 Å². The minimum Gasteiger partial charge on any atom is -0.494 e. The van der Waals surface area contributed by atoms with Crippen LogP contribution in [0.1, 0.15) is 32.6 Å². The van der Waals surface area contributed by atoms with Gasteiger partial charge in [0.05, 0.1) is 18.1 Å². The third kappa shape index (κ3) is 5.69. The van der Waals surface area contributed by atoms with Gasteiger partial charge in [0.25, 0.3) is 5.69 Å². The average Bonchev–Trinajstić information content (AvgIpc) is 3.31. The minimum absolute atomic E-state index is 0.0404. The van der Waals surface area contributed by atoms with Crippen molar-refractivity contribution in [3.63, 3.8) is 0 Å². The van der Waals surface area contributed by atoms with Crippen molar-refractivity contribution < 1.29 is 28.7 Å². The molecule has 1 aromatic carbocycles. The number of carbonyl (C=O) groups excluding carboxylic acids is 1. The van der Waals surface area contributed by atoms with Gasteiger partial charge in [-0.15, -0.1) is 0 Å². The number of rotatable bonds is 10. The maximum absolute atomic E-state index is 11.3. The highest BCUT2D eigenvalue weighted by Crippen LogP contribution is 2.34. The molecular weight excluding hydrogens is 318 g/mol. The Morgan fingerprint density at radius 1 is 1.29 bits per heavy atom. The monoisotopic (exact) mass is 339 g/mol. The van der Waals surface area contributed by atoms with Gasteiger partial charge in [0, 0.05) is 18.6 Å². The maximum Gasteiger partial charge on any atom is 0.510 e. The van der Waals surface area contributed by atoms with Crippen molar-refractivity contribution in [2.75, 3.05) is 19.8 Å². The molecule has 1 atom stereocenters. The lowest BCUT2D eigenvalue weighted by Gasteiger charge is -2.12. The van der Waals surface area contributed by atoms with Crippen LogP contribution in [0, 0.1) is 10.1 Å². The fourth-order valence-electron chi connectivity index (χ4n) is 2.16. The largest absolute Gasteiger partial charge is 0.510 e. The summed E-state index contributed by atoms with van der Waals surface area (Å²) in [5.74, 6) is -0.195. The maximum atomic E-state index is 11.3. The summed E-state index contributed by atoms with van der Waals surface area (Å²) < 4.78 is 20.6. The molecule has 132 valence electrons. The van der Waals surface area contributed by atoms with E-state index in [2.05, 4.69) is 0 Å². The molecule has 2 rings (SSSR count). The Morgan fingerprint density at radius 2 is 2.00 bits per heavy atom. The summed E-state index contributed by atoms with van der Waals surface area (Å²) in [6, 6.07) is 5.99. The number of epoxide rings is 1.